The van der Waals surface area contributed by atoms with Crippen molar-refractivity contribution in [2.24, 2.45) is 0 Å². The van der Waals surface area contributed by atoms with Crippen molar-refractivity contribution in [2.75, 3.05) is 5.75 Å². The summed E-state index contributed by atoms with van der Waals surface area (Å²) < 4.78 is 15.3. The highest BCUT2D eigenvalue weighted by atomic mass is 32.2. The van der Waals surface area contributed by atoms with E-state index in [0.717, 1.165) is 38.4 Å². The van der Waals surface area contributed by atoms with Crippen LogP contribution in [0.25, 0.3) is 10.9 Å². The maximum atomic E-state index is 13.2. The number of hydrogen-bond acceptors (Lipinski definition) is 4. The smallest absolute Gasteiger partial charge is 0.174 e. The molecule has 0 aliphatic heterocycles. The Balaban J connectivity index is 1.54. The van der Waals surface area contributed by atoms with Gasteiger partial charge in [0.2, 0.25) is 0 Å². The number of fused-ring (bicyclic) bond motifs is 1. The number of para-hydroxylation sites is 1. The van der Waals surface area contributed by atoms with E-state index < -0.39 is 0 Å². The van der Waals surface area contributed by atoms with Crippen LogP contribution in [-0.4, -0.2) is 26.1 Å². The van der Waals surface area contributed by atoms with Crippen LogP contribution in [-0.2, 0) is 6.54 Å². The van der Waals surface area contributed by atoms with Crippen LogP contribution in [0.1, 0.15) is 33.1 Å². The van der Waals surface area contributed by atoms with Gasteiger partial charge in [-0.15, -0.1) is 0 Å². The van der Waals surface area contributed by atoms with E-state index in [1.54, 1.807) is 12.1 Å². The maximum Gasteiger partial charge on any atom is 0.174 e. The lowest BCUT2D eigenvalue weighted by Crippen LogP contribution is -2.08. The van der Waals surface area contributed by atoms with Crippen molar-refractivity contribution in [1.29, 1.82) is 0 Å². The second-order valence-corrected chi connectivity index (χ2v) is 8.27. The number of carbonyl (C=O) groups excluding carboxylic acids is 1. The van der Waals surface area contributed by atoms with Crippen LogP contribution in [0.2, 0.25) is 0 Å². The Morgan fingerprint density at radius 1 is 1.03 bits per heavy atom. The molecule has 4 rings (SSSR count). The number of hydrogen-bond donors (Lipinski definition) is 0. The van der Waals surface area contributed by atoms with Gasteiger partial charge >= 0.3 is 0 Å². The second kappa shape index (κ2) is 8.40. The zero-order chi connectivity index (χ0) is 21.3. The maximum absolute atomic E-state index is 13.2. The lowest BCUT2D eigenvalue weighted by atomic mass is 10.2. The van der Waals surface area contributed by atoms with Crippen molar-refractivity contribution >= 4 is 28.4 Å². The third kappa shape index (κ3) is 4.14. The van der Waals surface area contributed by atoms with E-state index in [2.05, 4.69) is 14.5 Å². The summed E-state index contributed by atoms with van der Waals surface area (Å²) in [4.78, 5) is 22.0. The molecule has 2 aromatic heterocycles. The van der Waals surface area contributed by atoms with Crippen LogP contribution in [0.5, 0.6) is 0 Å². The summed E-state index contributed by atoms with van der Waals surface area (Å²) in [6.45, 7) is 6.41. The number of halogens is 1. The third-order valence-corrected chi connectivity index (χ3v) is 6.14. The molecule has 0 bridgehead atoms. The van der Waals surface area contributed by atoms with Crippen LogP contribution in [0, 0.1) is 26.6 Å². The Kier molecular flexibility index (Phi) is 5.68. The van der Waals surface area contributed by atoms with Crippen molar-refractivity contribution in [1.82, 2.24) is 14.5 Å². The van der Waals surface area contributed by atoms with E-state index in [1.807, 2.05) is 51.1 Å². The summed E-state index contributed by atoms with van der Waals surface area (Å²) in [5.41, 5.74) is 4.53. The first-order chi connectivity index (χ1) is 14.4. The van der Waals surface area contributed by atoms with Crippen molar-refractivity contribution in [3.8, 4) is 0 Å². The van der Waals surface area contributed by atoms with E-state index in [0.29, 0.717) is 18.1 Å². The Bertz CT molecular complexity index is 1230. The molecule has 2 heterocycles. The van der Waals surface area contributed by atoms with Gasteiger partial charge in [-0.1, -0.05) is 42.1 Å². The lowest BCUT2D eigenvalue weighted by Gasteiger charge is -2.10. The average molecular weight is 420 g/mol. The standard InChI is InChI=1S/C24H22FN3OS/c1-15-12-21(16(2)28(15)13-18-8-10-19(25)11-9-18)23(29)14-30-24-20-6-4-5-7-22(20)26-17(3)27-24/h4-12H,13-14H2,1-3H3. The van der Waals surface area contributed by atoms with Crippen LogP contribution in [0.3, 0.4) is 0 Å². The van der Waals surface area contributed by atoms with Gasteiger partial charge in [-0.25, -0.2) is 14.4 Å². The van der Waals surface area contributed by atoms with E-state index >= 15 is 0 Å². The Morgan fingerprint density at radius 3 is 2.53 bits per heavy atom. The van der Waals surface area contributed by atoms with Gasteiger partial charge in [0.15, 0.2) is 5.78 Å². The third-order valence-electron chi connectivity index (χ3n) is 5.15. The van der Waals surface area contributed by atoms with Crippen LogP contribution < -0.4 is 0 Å². The van der Waals surface area contributed by atoms with Crippen molar-refractivity contribution in [3.63, 3.8) is 0 Å². The molecular formula is C24H22FN3OS. The number of thioether (sulfide) groups is 1. The molecule has 0 fully saturated rings. The van der Waals surface area contributed by atoms with Gasteiger partial charge in [-0.05, 0) is 50.6 Å². The molecule has 6 heteroatoms. The largest absolute Gasteiger partial charge is 0.344 e. The minimum absolute atomic E-state index is 0.0683. The minimum Gasteiger partial charge on any atom is -0.344 e. The topological polar surface area (TPSA) is 47.8 Å². The molecule has 0 spiro atoms. The molecular weight excluding hydrogens is 397 g/mol. The number of aryl methyl sites for hydroxylation is 2. The van der Waals surface area contributed by atoms with Crippen molar-refractivity contribution in [2.45, 2.75) is 32.3 Å². The first-order valence-electron chi connectivity index (χ1n) is 9.73. The van der Waals surface area contributed by atoms with Crippen LogP contribution >= 0.6 is 11.8 Å². The predicted octanol–water partition coefficient (Wildman–Crippen LogP) is 5.52. The van der Waals surface area contributed by atoms with Gasteiger partial charge in [0.1, 0.15) is 16.7 Å². The molecule has 0 saturated heterocycles. The van der Waals surface area contributed by atoms with E-state index in [-0.39, 0.29) is 11.6 Å². The van der Waals surface area contributed by atoms with E-state index in [9.17, 15) is 9.18 Å². The zero-order valence-electron chi connectivity index (χ0n) is 17.1. The van der Waals surface area contributed by atoms with Crippen molar-refractivity contribution < 1.29 is 9.18 Å². The second-order valence-electron chi connectivity index (χ2n) is 7.30. The average Bonchev–Trinajstić information content (AvgIpc) is 3.01. The van der Waals surface area contributed by atoms with Crippen LogP contribution in [0.4, 0.5) is 4.39 Å². The Hall–Kier alpha value is -2.99. The molecule has 4 nitrogen and oxygen atoms in total. The Morgan fingerprint density at radius 2 is 1.77 bits per heavy atom. The lowest BCUT2D eigenvalue weighted by molar-refractivity contribution is 0.102. The molecule has 0 saturated carbocycles. The van der Waals surface area contributed by atoms with Crippen LogP contribution in [0.15, 0.2) is 59.6 Å². The minimum atomic E-state index is -0.250. The fourth-order valence-corrected chi connectivity index (χ4v) is 4.53. The summed E-state index contributed by atoms with van der Waals surface area (Å²) in [6, 6.07) is 16.2. The molecule has 0 atom stereocenters. The molecule has 0 N–H and O–H groups in total. The highest BCUT2D eigenvalue weighted by molar-refractivity contribution is 8.00. The Labute approximate surface area is 179 Å². The molecule has 0 unspecified atom stereocenters. The molecule has 0 aliphatic carbocycles. The number of carbonyl (C=O) groups is 1. The number of Topliss-reactive ketones (excluding diaryl/α,β-unsaturated/α-hetero) is 1. The first kappa shape index (κ1) is 20.3. The van der Waals surface area contributed by atoms with Gasteiger partial charge in [0.25, 0.3) is 0 Å². The number of rotatable bonds is 6. The zero-order valence-corrected chi connectivity index (χ0v) is 18.0. The monoisotopic (exact) mass is 419 g/mol. The first-order valence-corrected chi connectivity index (χ1v) is 10.7. The predicted molar refractivity (Wildman–Crippen MR) is 119 cm³/mol. The number of ketones is 1. The summed E-state index contributed by atoms with van der Waals surface area (Å²) >= 11 is 1.44. The molecule has 4 aromatic rings. The molecule has 152 valence electrons. The van der Waals surface area contributed by atoms with E-state index in [4.69, 9.17) is 0 Å². The van der Waals surface area contributed by atoms with Gasteiger partial charge in [-0.2, -0.15) is 0 Å². The van der Waals surface area contributed by atoms with E-state index in [1.165, 1.54) is 23.9 Å². The highest BCUT2D eigenvalue weighted by Gasteiger charge is 2.17. The molecule has 2 aromatic carbocycles. The summed E-state index contributed by atoms with van der Waals surface area (Å²) in [6.07, 6.45) is 0. The summed E-state index contributed by atoms with van der Waals surface area (Å²) in [5, 5.41) is 1.79. The molecule has 0 aliphatic rings. The SMILES string of the molecule is Cc1nc(SCC(=O)c2cc(C)n(Cc3ccc(F)cc3)c2C)c2ccccc2n1. The summed E-state index contributed by atoms with van der Waals surface area (Å²) in [5.74, 6) is 0.821. The number of benzene rings is 2. The normalized spacial score (nSPS) is 11.2. The van der Waals surface area contributed by atoms with Crippen molar-refractivity contribution in [3.05, 3.63) is 88.8 Å². The molecule has 0 amide bonds. The van der Waals surface area contributed by atoms with Gasteiger partial charge < -0.3 is 4.57 Å². The fourth-order valence-electron chi connectivity index (χ4n) is 3.58. The molecule has 30 heavy (non-hydrogen) atoms. The fraction of sp³-hybridized carbons (Fsp3) is 0.208. The van der Waals surface area contributed by atoms with Gasteiger partial charge in [0, 0.05) is 28.9 Å². The number of nitrogens with zero attached hydrogens (tertiary/aromatic N) is 3. The van der Waals surface area contributed by atoms with Gasteiger partial charge in [0.05, 0.1) is 11.3 Å². The highest BCUT2D eigenvalue weighted by Crippen LogP contribution is 2.27. The number of aromatic nitrogens is 3. The summed E-state index contributed by atoms with van der Waals surface area (Å²) in [7, 11) is 0. The molecule has 0 radical (unpaired) electrons. The van der Waals surface area contributed by atoms with Gasteiger partial charge in [-0.3, -0.25) is 4.79 Å². The quantitative estimate of drug-likeness (QED) is 0.235.